The maximum absolute atomic E-state index is 13.5. The van der Waals surface area contributed by atoms with Crippen LogP contribution >= 0.6 is 0 Å². The average Bonchev–Trinajstić information content (AvgIpc) is 2.96. The maximum atomic E-state index is 13.5. The van der Waals surface area contributed by atoms with Crippen LogP contribution in [0.2, 0.25) is 0 Å². The Morgan fingerprint density at radius 2 is 1.13 bits per heavy atom. The summed E-state index contributed by atoms with van der Waals surface area (Å²) < 4.78 is 0. The topological polar surface area (TPSA) is 163 Å². The molecule has 0 atom stereocenters. The summed E-state index contributed by atoms with van der Waals surface area (Å²) in [6.45, 7) is 12.2. The van der Waals surface area contributed by atoms with Crippen molar-refractivity contribution in [3.8, 4) is 11.1 Å². The predicted molar refractivity (Wildman–Crippen MR) is 183 cm³/mol. The normalized spacial score (nSPS) is 12.4. The molecule has 6 N–H and O–H groups in total. The van der Waals surface area contributed by atoms with Crippen LogP contribution in [-0.2, 0) is 10.8 Å². The van der Waals surface area contributed by atoms with Crippen molar-refractivity contribution in [3.63, 3.8) is 0 Å². The molecule has 0 aromatic heterocycles. The number of benzene rings is 6. The van der Waals surface area contributed by atoms with Crippen molar-refractivity contribution in [2.45, 2.75) is 52.4 Å². The van der Waals surface area contributed by atoms with E-state index in [0.717, 1.165) is 27.3 Å². The molecule has 0 aliphatic heterocycles. The van der Waals surface area contributed by atoms with Crippen LogP contribution in [0.25, 0.3) is 54.2 Å². The first-order chi connectivity index (χ1) is 21.4. The van der Waals surface area contributed by atoms with Gasteiger partial charge in [-0.25, -0.2) is 9.59 Å². The Bertz CT molecular complexity index is 2330. The number of aliphatic hydroxyl groups excluding tert-OH is 2. The Kier molecular flexibility index (Phi) is 6.64. The van der Waals surface area contributed by atoms with Crippen molar-refractivity contribution in [2.75, 3.05) is 0 Å². The largest absolute Gasteiger partial charge is 0.493 e. The zero-order chi connectivity index (χ0) is 33.6. The summed E-state index contributed by atoms with van der Waals surface area (Å²) in [5.41, 5.74) is 0.0411. The molecule has 8 nitrogen and oxygen atoms in total. The molecule has 0 heterocycles. The molecule has 6 rings (SSSR count). The molecule has 0 aliphatic carbocycles. The van der Waals surface area contributed by atoms with Crippen LogP contribution in [0.3, 0.4) is 0 Å². The number of fused-ring (bicyclic) bond motifs is 2. The third kappa shape index (κ3) is 4.35. The molecular weight excluding hydrogens is 580 g/mol. The minimum atomic E-state index is -1.61. The molecule has 232 valence electrons. The first-order valence-electron chi connectivity index (χ1n) is 14.9. The van der Waals surface area contributed by atoms with Crippen LogP contribution in [0.4, 0.5) is 0 Å². The summed E-state index contributed by atoms with van der Waals surface area (Å²) in [6.07, 6.45) is 0. The molecule has 6 aromatic rings. The Balaban J connectivity index is 2.07. The van der Waals surface area contributed by atoms with Crippen molar-refractivity contribution in [2.24, 2.45) is 0 Å². The molecule has 6 aromatic carbocycles. The van der Waals surface area contributed by atoms with E-state index in [4.69, 9.17) is 10.8 Å². The minimum Gasteiger partial charge on any atom is -0.493 e. The Labute approximate surface area is 264 Å². The summed E-state index contributed by atoms with van der Waals surface area (Å²) in [5.74, 6) is -5.26. The quantitative estimate of drug-likeness (QED) is 0.0491. The van der Waals surface area contributed by atoms with E-state index in [9.17, 15) is 30.0 Å². The lowest BCUT2D eigenvalue weighted by Crippen LogP contribution is -2.19. The summed E-state index contributed by atoms with van der Waals surface area (Å²) in [5, 5.41) is 63.3. The summed E-state index contributed by atoms with van der Waals surface area (Å²) >= 11 is 0. The van der Waals surface area contributed by atoms with Crippen LogP contribution in [-0.4, -0.2) is 44.2 Å². The molecular formula is C38H34N2O6. The van der Waals surface area contributed by atoms with Gasteiger partial charge < -0.3 is 20.4 Å². The molecule has 46 heavy (non-hydrogen) atoms. The second-order valence-corrected chi connectivity index (χ2v) is 13.9. The smallest absolute Gasteiger partial charge is 0.337 e. The second kappa shape index (κ2) is 10.0. The molecule has 0 saturated carbocycles. The highest BCUT2D eigenvalue weighted by atomic mass is 16.4. The van der Waals surface area contributed by atoms with Crippen LogP contribution in [0.15, 0.2) is 60.7 Å². The van der Waals surface area contributed by atoms with E-state index in [2.05, 4.69) is 20.8 Å². The van der Waals surface area contributed by atoms with Crippen molar-refractivity contribution >= 4 is 66.8 Å². The van der Waals surface area contributed by atoms with Gasteiger partial charge in [-0.05, 0) is 66.1 Å². The van der Waals surface area contributed by atoms with Gasteiger partial charge >= 0.3 is 11.9 Å². The number of carboxylic acid groups (broad SMARTS) is 2. The van der Waals surface area contributed by atoms with Gasteiger partial charge in [0.1, 0.15) is 0 Å². The lowest BCUT2D eigenvalue weighted by atomic mass is 9.75. The van der Waals surface area contributed by atoms with Gasteiger partial charge in [0.25, 0.3) is 0 Å². The van der Waals surface area contributed by atoms with E-state index in [1.807, 2.05) is 63.2 Å². The van der Waals surface area contributed by atoms with Crippen molar-refractivity contribution in [1.82, 2.24) is 0 Å². The van der Waals surface area contributed by atoms with E-state index in [1.54, 1.807) is 18.2 Å². The van der Waals surface area contributed by atoms with Crippen LogP contribution < -0.4 is 0 Å². The average molecular weight is 615 g/mol. The number of hydrogen-bond donors (Lipinski definition) is 6. The van der Waals surface area contributed by atoms with Crippen LogP contribution in [0, 0.1) is 10.8 Å². The lowest BCUT2D eigenvalue weighted by Gasteiger charge is -2.29. The van der Waals surface area contributed by atoms with Crippen molar-refractivity contribution in [3.05, 3.63) is 94.0 Å². The SMILES string of the molecule is CC(C)(C)c1ccc(C(C)(C)C)c(-c2cc3c4cccc5cccc(c6c(C(=N)O)c(C(=N)O)c(C(=O)O)c(c2C(=O)O)c36)c54)c1. The van der Waals surface area contributed by atoms with E-state index < -0.39 is 40.3 Å². The third-order valence-electron chi connectivity index (χ3n) is 8.93. The second-order valence-electron chi connectivity index (χ2n) is 13.9. The molecule has 0 unspecified atom stereocenters. The number of hydrogen-bond acceptors (Lipinski definition) is 4. The summed E-state index contributed by atoms with van der Waals surface area (Å²) in [6, 6.07) is 18.9. The number of aromatic carboxylic acids is 2. The van der Waals surface area contributed by atoms with Gasteiger partial charge in [0, 0.05) is 16.2 Å². The number of carbonyl (C=O) groups is 2. The zero-order valence-corrected chi connectivity index (χ0v) is 26.4. The maximum Gasteiger partial charge on any atom is 0.337 e. The van der Waals surface area contributed by atoms with E-state index >= 15 is 0 Å². The lowest BCUT2D eigenvalue weighted by molar-refractivity contribution is 0.0695. The van der Waals surface area contributed by atoms with Gasteiger partial charge in [0.2, 0.25) is 11.8 Å². The van der Waals surface area contributed by atoms with Crippen LogP contribution in [0.5, 0.6) is 0 Å². The van der Waals surface area contributed by atoms with E-state index in [-0.39, 0.29) is 38.3 Å². The highest BCUT2D eigenvalue weighted by molar-refractivity contribution is 6.41. The molecule has 0 aliphatic rings. The molecule has 0 radical (unpaired) electrons. The number of nitrogens with one attached hydrogen (secondary N) is 2. The van der Waals surface area contributed by atoms with Gasteiger partial charge in [-0.2, -0.15) is 0 Å². The molecule has 0 bridgehead atoms. The fourth-order valence-electron chi connectivity index (χ4n) is 6.96. The zero-order valence-electron chi connectivity index (χ0n) is 26.4. The first kappa shape index (κ1) is 30.5. The van der Waals surface area contributed by atoms with Gasteiger partial charge in [-0.15, -0.1) is 0 Å². The Hall–Kier alpha value is -5.50. The first-order valence-corrected chi connectivity index (χ1v) is 14.9. The molecule has 0 saturated heterocycles. The minimum absolute atomic E-state index is 0.186. The van der Waals surface area contributed by atoms with Gasteiger partial charge in [0.05, 0.1) is 22.3 Å². The molecule has 0 fully saturated rings. The van der Waals surface area contributed by atoms with Gasteiger partial charge in [-0.3, -0.25) is 10.8 Å². The molecule has 0 amide bonds. The molecule has 0 spiro atoms. The van der Waals surface area contributed by atoms with Gasteiger partial charge in [-0.1, -0.05) is 96.1 Å². The van der Waals surface area contributed by atoms with Gasteiger partial charge in [0.15, 0.2) is 0 Å². The third-order valence-corrected chi connectivity index (χ3v) is 8.93. The van der Waals surface area contributed by atoms with E-state index in [1.165, 1.54) is 0 Å². The highest BCUT2D eigenvalue weighted by Gasteiger charge is 2.34. The Morgan fingerprint density at radius 3 is 1.65 bits per heavy atom. The Morgan fingerprint density at radius 1 is 0.543 bits per heavy atom. The number of rotatable bonds is 5. The number of aliphatic hydroxyl groups is 2. The summed E-state index contributed by atoms with van der Waals surface area (Å²) in [7, 11) is 0. The predicted octanol–water partition coefficient (Wildman–Crippen LogP) is 9.16. The van der Waals surface area contributed by atoms with Crippen molar-refractivity contribution < 1.29 is 30.0 Å². The van der Waals surface area contributed by atoms with E-state index in [0.29, 0.717) is 16.3 Å². The van der Waals surface area contributed by atoms with Crippen LogP contribution in [0.1, 0.15) is 84.5 Å². The number of carboxylic acids is 2. The summed E-state index contributed by atoms with van der Waals surface area (Å²) in [4.78, 5) is 26.7. The standard InChI is InChI=1S/C38H34N2O6/c1-37(2,3)18-13-14-24(38(4,5)6)21(15-18)23-16-22-19-11-7-9-17-10-8-12-20(25(17)19)26-27(22)29(28(23)35(43)44)32(36(45)46)31(34(40)42)30(26)33(39)41/h7-16H,1-6H3,(H2,39,41)(H2,40,42)(H,43,44)(H,45,46). The fourth-order valence-corrected chi connectivity index (χ4v) is 6.96. The highest BCUT2D eigenvalue weighted by Crippen LogP contribution is 2.49. The fraction of sp³-hybridized carbons (Fsp3) is 0.211. The van der Waals surface area contributed by atoms with Crippen molar-refractivity contribution in [1.29, 1.82) is 10.8 Å². The monoisotopic (exact) mass is 614 g/mol. The molecule has 8 heteroatoms.